The second kappa shape index (κ2) is 7.71. The lowest BCUT2D eigenvalue weighted by Gasteiger charge is -2.14. The zero-order valence-corrected chi connectivity index (χ0v) is 11.1. The van der Waals surface area contributed by atoms with Crippen molar-refractivity contribution in [2.24, 2.45) is 0 Å². The Kier molecular flexibility index (Phi) is 6.22. The van der Waals surface area contributed by atoms with Crippen molar-refractivity contribution in [3.05, 3.63) is 23.8 Å². The van der Waals surface area contributed by atoms with Gasteiger partial charge in [-0.3, -0.25) is 4.79 Å². The number of hydrogen-bond acceptors (Lipinski definition) is 4. The Morgan fingerprint density at radius 2 is 2.11 bits per heavy atom. The van der Waals surface area contributed by atoms with Gasteiger partial charge in [-0.05, 0) is 25.5 Å². The zero-order valence-electron chi connectivity index (χ0n) is 11.1. The number of hydrogen-bond donors (Lipinski definition) is 0. The molecule has 0 aliphatic heterocycles. The summed E-state index contributed by atoms with van der Waals surface area (Å²) < 4.78 is 16.2. The summed E-state index contributed by atoms with van der Waals surface area (Å²) in [4.78, 5) is 10.9. The summed E-state index contributed by atoms with van der Waals surface area (Å²) in [6.45, 7) is 4.98. The van der Waals surface area contributed by atoms with Crippen molar-refractivity contribution >= 4 is 6.29 Å². The molecule has 0 radical (unpaired) electrons. The summed E-state index contributed by atoms with van der Waals surface area (Å²) >= 11 is 0. The fourth-order valence-electron chi connectivity index (χ4n) is 1.32. The molecule has 1 rings (SSSR count). The number of aldehydes is 1. The lowest BCUT2D eigenvalue weighted by molar-refractivity contribution is 0.0710. The highest BCUT2D eigenvalue weighted by atomic mass is 16.5. The minimum Gasteiger partial charge on any atom is -0.493 e. The molecule has 0 fully saturated rings. The molecule has 0 spiro atoms. The van der Waals surface area contributed by atoms with Crippen LogP contribution in [0.4, 0.5) is 0 Å². The van der Waals surface area contributed by atoms with Gasteiger partial charge in [-0.25, -0.2) is 0 Å². The van der Waals surface area contributed by atoms with E-state index in [4.69, 9.17) is 14.2 Å². The molecule has 0 aliphatic rings. The molecule has 0 amide bonds. The molecule has 100 valence electrons. The quantitative estimate of drug-likeness (QED) is 0.667. The molecular weight excluding hydrogens is 232 g/mol. The summed E-state index contributed by atoms with van der Waals surface area (Å²) in [7, 11) is 1.62. The Bertz CT molecular complexity index is 376. The highest BCUT2D eigenvalue weighted by Gasteiger charge is 2.07. The zero-order chi connectivity index (χ0) is 13.4. The van der Waals surface area contributed by atoms with Crippen molar-refractivity contribution in [1.29, 1.82) is 0 Å². The molecule has 4 heteroatoms. The number of rotatable bonds is 8. The summed E-state index contributed by atoms with van der Waals surface area (Å²) in [6, 6.07) is 5.21. The van der Waals surface area contributed by atoms with E-state index in [1.54, 1.807) is 25.3 Å². The van der Waals surface area contributed by atoms with Gasteiger partial charge in [0.2, 0.25) is 0 Å². The summed E-state index contributed by atoms with van der Waals surface area (Å²) in [5.74, 6) is 1.24. The fourth-order valence-corrected chi connectivity index (χ4v) is 1.32. The fraction of sp³-hybridized carbons (Fsp3) is 0.500. The molecule has 18 heavy (non-hydrogen) atoms. The van der Waals surface area contributed by atoms with Gasteiger partial charge < -0.3 is 14.2 Å². The van der Waals surface area contributed by atoms with E-state index in [0.29, 0.717) is 30.3 Å². The maximum absolute atomic E-state index is 10.9. The van der Waals surface area contributed by atoms with Gasteiger partial charge in [-0.1, -0.05) is 6.92 Å². The standard InChI is InChI=1S/C14H20O4/c1-4-7-17-13-6-5-12(9-15)14(8-13)18-10-11(2)16-3/h5-6,8-9,11H,4,7,10H2,1-3H3. The normalized spacial score (nSPS) is 11.9. The van der Waals surface area contributed by atoms with Crippen molar-refractivity contribution in [1.82, 2.24) is 0 Å². The summed E-state index contributed by atoms with van der Waals surface area (Å²) in [6.07, 6.45) is 1.69. The van der Waals surface area contributed by atoms with Crippen LogP contribution in [0.1, 0.15) is 30.6 Å². The first-order valence-electron chi connectivity index (χ1n) is 6.08. The number of ether oxygens (including phenoxy) is 3. The van der Waals surface area contributed by atoms with Crippen LogP contribution < -0.4 is 9.47 Å². The third-order valence-corrected chi connectivity index (χ3v) is 2.46. The molecular formula is C14H20O4. The average molecular weight is 252 g/mol. The Labute approximate surface area is 108 Å². The smallest absolute Gasteiger partial charge is 0.153 e. The molecule has 0 saturated carbocycles. The maximum atomic E-state index is 10.9. The lowest BCUT2D eigenvalue weighted by atomic mass is 10.2. The summed E-state index contributed by atoms with van der Waals surface area (Å²) in [5, 5.41) is 0. The van der Waals surface area contributed by atoms with E-state index in [9.17, 15) is 4.79 Å². The minimum absolute atomic E-state index is 0.0234. The molecule has 1 unspecified atom stereocenters. The van der Waals surface area contributed by atoms with E-state index >= 15 is 0 Å². The SMILES string of the molecule is CCCOc1ccc(C=O)c(OCC(C)OC)c1. The molecule has 0 saturated heterocycles. The van der Waals surface area contributed by atoms with Crippen LogP contribution >= 0.6 is 0 Å². The first-order valence-corrected chi connectivity index (χ1v) is 6.08. The Balaban J connectivity index is 2.75. The van der Waals surface area contributed by atoms with Crippen LogP contribution in [0, 0.1) is 0 Å². The summed E-state index contributed by atoms with van der Waals surface area (Å²) in [5.41, 5.74) is 0.516. The van der Waals surface area contributed by atoms with Gasteiger partial charge in [0.05, 0.1) is 18.3 Å². The van der Waals surface area contributed by atoms with Gasteiger partial charge in [-0.15, -0.1) is 0 Å². The van der Waals surface area contributed by atoms with E-state index in [-0.39, 0.29) is 6.10 Å². The number of benzene rings is 1. The van der Waals surface area contributed by atoms with Crippen LogP contribution in [0.25, 0.3) is 0 Å². The Morgan fingerprint density at radius 3 is 2.72 bits per heavy atom. The average Bonchev–Trinajstić information content (AvgIpc) is 2.42. The molecule has 0 heterocycles. The van der Waals surface area contributed by atoms with Crippen LogP contribution in [-0.2, 0) is 4.74 Å². The minimum atomic E-state index is -0.0234. The lowest BCUT2D eigenvalue weighted by Crippen LogP contribution is -2.16. The molecule has 0 N–H and O–H groups in total. The Morgan fingerprint density at radius 1 is 1.33 bits per heavy atom. The molecule has 4 nitrogen and oxygen atoms in total. The monoisotopic (exact) mass is 252 g/mol. The van der Waals surface area contributed by atoms with E-state index < -0.39 is 0 Å². The highest BCUT2D eigenvalue weighted by molar-refractivity contribution is 5.79. The van der Waals surface area contributed by atoms with Gasteiger partial charge in [0.1, 0.15) is 18.1 Å². The van der Waals surface area contributed by atoms with Crippen molar-refractivity contribution < 1.29 is 19.0 Å². The van der Waals surface area contributed by atoms with Crippen molar-refractivity contribution in [3.63, 3.8) is 0 Å². The largest absolute Gasteiger partial charge is 0.493 e. The van der Waals surface area contributed by atoms with Crippen LogP contribution in [0.2, 0.25) is 0 Å². The van der Waals surface area contributed by atoms with Gasteiger partial charge in [-0.2, -0.15) is 0 Å². The molecule has 0 bridgehead atoms. The Hall–Kier alpha value is -1.55. The molecule has 1 atom stereocenters. The van der Waals surface area contributed by atoms with E-state index in [2.05, 4.69) is 0 Å². The van der Waals surface area contributed by atoms with Crippen LogP contribution in [0.5, 0.6) is 11.5 Å². The highest BCUT2D eigenvalue weighted by Crippen LogP contribution is 2.24. The first-order chi connectivity index (χ1) is 8.71. The van der Waals surface area contributed by atoms with Crippen LogP contribution in [-0.4, -0.2) is 32.7 Å². The van der Waals surface area contributed by atoms with Gasteiger partial charge in [0.15, 0.2) is 6.29 Å². The number of methoxy groups -OCH3 is 1. The second-order valence-electron chi connectivity index (χ2n) is 4.02. The second-order valence-corrected chi connectivity index (χ2v) is 4.02. The van der Waals surface area contributed by atoms with E-state index in [1.807, 2.05) is 13.8 Å². The first kappa shape index (κ1) is 14.5. The third-order valence-electron chi connectivity index (χ3n) is 2.46. The van der Waals surface area contributed by atoms with E-state index in [1.165, 1.54) is 0 Å². The van der Waals surface area contributed by atoms with Crippen LogP contribution in [0.3, 0.4) is 0 Å². The topological polar surface area (TPSA) is 44.8 Å². The van der Waals surface area contributed by atoms with E-state index in [0.717, 1.165) is 12.7 Å². The number of carbonyl (C=O) groups is 1. The predicted molar refractivity (Wildman–Crippen MR) is 69.6 cm³/mol. The van der Waals surface area contributed by atoms with Gasteiger partial charge in [0, 0.05) is 13.2 Å². The predicted octanol–water partition coefficient (Wildman–Crippen LogP) is 2.70. The maximum Gasteiger partial charge on any atom is 0.153 e. The van der Waals surface area contributed by atoms with Crippen molar-refractivity contribution in [2.45, 2.75) is 26.4 Å². The van der Waals surface area contributed by atoms with Crippen molar-refractivity contribution in [2.75, 3.05) is 20.3 Å². The molecule has 1 aromatic carbocycles. The van der Waals surface area contributed by atoms with Crippen molar-refractivity contribution in [3.8, 4) is 11.5 Å². The van der Waals surface area contributed by atoms with Crippen LogP contribution in [0.15, 0.2) is 18.2 Å². The number of carbonyl (C=O) groups excluding carboxylic acids is 1. The van der Waals surface area contributed by atoms with Gasteiger partial charge in [0.25, 0.3) is 0 Å². The van der Waals surface area contributed by atoms with Gasteiger partial charge >= 0.3 is 0 Å². The molecule has 0 aliphatic carbocycles. The molecule has 0 aromatic heterocycles. The molecule has 1 aromatic rings. The third kappa shape index (κ3) is 4.37.